The van der Waals surface area contributed by atoms with Crippen molar-refractivity contribution in [2.24, 2.45) is 10.8 Å². The van der Waals surface area contributed by atoms with Crippen LogP contribution in [0.15, 0.2) is 0 Å². The van der Waals surface area contributed by atoms with Gasteiger partial charge in [0.25, 0.3) is 0 Å². The van der Waals surface area contributed by atoms with Crippen LogP contribution in [0, 0.1) is 10.8 Å². The van der Waals surface area contributed by atoms with Crippen LogP contribution in [0.3, 0.4) is 0 Å². The lowest BCUT2D eigenvalue weighted by Gasteiger charge is -2.43. The molecule has 0 amide bonds. The molecule has 0 aromatic carbocycles. The van der Waals surface area contributed by atoms with Crippen LogP contribution in [0.4, 0.5) is 0 Å². The summed E-state index contributed by atoms with van der Waals surface area (Å²) in [7, 11) is 2.03. The van der Waals surface area contributed by atoms with Gasteiger partial charge in [0.2, 0.25) is 0 Å². The molecule has 0 saturated heterocycles. The second kappa shape index (κ2) is 3.49. The van der Waals surface area contributed by atoms with Crippen LogP contribution >= 0.6 is 0 Å². The Morgan fingerprint density at radius 1 is 1.14 bits per heavy atom. The van der Waals surface area contributed by atoms with Crippen LogP contribution in [0.25, 0.3) is 0 Å². The predicted octanol–water partition coefficient (Wildman–Crippen LogP) is 2.47. The molecule has 0 radical (unpaired) electrons. The van der Waals surface area contributed by atoms with E-state index < -0.39 is 0 Å². The van der Waals surface area contributed by atoms with Gasteiger partial charge < -0.3 is 5.11 Å². The SMILES string of the molecule is CC(O)N(C)C1C(C)(C)CCC1(C)C. The zero-order valence-electron chi connectivity index (χ0n) is 10.5. The van der Waals surface area contributed by atoms with E-state index in [1.54, 1.807) is 0 Å². The molecule has 0 aromatic heterocycles. The molecule has 84 valence electrons. The van der Waals surface area contributed by atoms with Crippen LogP contribution in [-0.2, 0) is 0 Å². The summed E-state index contributed by atoms with van der Waals surface area (Å²) in [6.45, 7) is 11.1. The topological polar surface area (TPSA) is 23.5 Å². The molecule has 1 fully saturated rings. The summed E-state index contributed by atoms with van der Waals surface area (Å²) in [5.74, 6) is 0. The molecule has 1 aliphatic carbocycles. The molecule has 1 N–H and O–H groups in total. The maximum atomic E-state index is 9.67. The van der Waals surface area contributed by atoms with Crippen LogP contribution in [0.5, 0.6) is 0 Å². The van der Waals surface area contributed by atoms with E-state index >= 15 is 0 Å². The van der Waals surface area contributed by atoms with Gasteiger partial charge in [0.1, 0.15) is 6.23 Å². The van der Waals surface area contributed by atoms with E-state index in [0.717, 1.165) is 0 Å². The first-order chi connectivity index (χ1) is 6.18. The maximum Gasteiger partial charge on any atom is 0.104 e. The average Bonchev–Trinajstić information content (AvgIpc) is 2.20. The predicted molar refractivity (Wildman–Crippen MR) is 60.0 cm³/mol. The summed E-state index contributed by atoms with van der Waals surface area (Å²) in [6, 6.07) is 0.468. The molecule has 1 unspecified atom stereocenters. The zero-order valence-corrected chi connectivity index (χ0v) is 10.5. The number of rotatable bonds is 2. The van der Waals surface area contributed by atoms with Crippen LogP contribution in [-0.4, -0.2) is 29.3 Å². The molecular formula is C12H25NO. The molecule has 1 rings (SSSR count). The lowest BCUT2D eigenvalue weighted by atomic mass is 9.77. The minimum atomic E-state index is -0.350. The second-order valence-electron chi connectivity index (χ2n) is 6.18. The highest BCUT2D eigenvalue weighted by Crippen LogP contribution is 2.51. The quantitative estimate of drug-likeness (QED) is 0.691. The van der Waals surface area contributed by atoms with Gasteiger partial charge in [-0.3, -0.25) is 4.90 Å². The van der Waals surface area contributed by atoms with Crippen molar-refractivity contribution in [3.8, 4) is 0 Å². The Bertz CT molecular complexity index is 192. The minimum Gasteiger partial charge on any atom is -0.379 e. The molecule has 14 heavy (non-hydrogen) atoms. The van der Waals surface area contributed by atoms with Crippen molar-refractivity contribution in [2.75, 3.05) is 7.05 Å². The van der Waals surface area contributed by atoms with E-state index in [1.165, 1.54) is 12.8 Å². The smallest absolute Gasteiger partial charge is 0.104 e. The lowest BCUT2D eigenvalue weighted by molar-refractivity contribution is -0.0490. The number of aliphatic hydroxyl groups is 1. The molecular weight excluding hydrogens is 174 g/mol. The molecule has 0 aromatic rings. The second-order valence-corrected chi connectivity index (χ2v) is 6.18. The van der Waals surface area contributed by atoms with Gasteiger partial charge in [-0.25, -0.2) is 0 Å². The van der Waals surface area contributed by atoms with Gasteiger partial charge >= 0.3 is 0 Å². The first-order valence-corrected chi connectivity index (χ1v) is 5.58. The van der Waals surface area contributed by atoms with Gasteiger partial charge in [-0.1, -0.05) is 27.7 Å². The normalized spacial score (nSPS) is 28.3. The van der Waals surface area contributed by atoms with Crippen molar-refractivity contribution >= 4 is 0 Å². The van der Waals surface area contributed by atoms with Gasteiger partial charge in [-0.15, -0.1) is 0 Å². The average molecular weight is 199 g/mol. The van der Waals surface area contributed by atoms with Crippen molar-refractivity contribution in [3.05, 3.63) is 0 Å². The van der Waals surface area contributed by atoms with Gasteiger partial charge in [0.05, 0.1) is 0 Å². The third kappa shape index (κ3) is 1.96. The number of hydrogen-bond acceptors (Lipinski definition) is 2. The lowest BCUT2D eigenvalue weighted by Crippen LogP contribution is -2.50. The van der Waals surface area contributed by atoms with Crippen LogP contribution in [0.1, 0.15) is 47.5 Å². The van der Waals surface area contributed by atoms with Gasteiger partial charge in [-0.05, 0) is 37.6 Å². The van der Waals surface area contributed by atoms with Crippen molar-refractivity contribution in [2.45, 2.75) is 59.7 Å². The number of nitrogens with zero attached hydrogens (tertiary/aromatic N) is 1. The summed E-state index contributed by atoms with van der Waals surface area (Å²) < 4.78 is 0. The van der Waals surface area contributed by atoms with Crippen molar-refractivity contribution in [1.82, 2.24) is 4.90 Å². The monoisotopic (exact) mass is 199 g/mol. The molecule has 0 heterocycles. The fourth-order valence-electron chi connectivity index (χ4n) is 3.29. The van der Waals surface area contributed by atoms with E-state index in [-0.39, 0.29) is 6.23 Å². The van der Waals surface area contributed by atoms with Crippen LogP contribution < -0.4 is 0 Å². The largest absolute Gasteiger partial charge is 0.379 e. The third-order valence-corrected chi connectivity index (χ3v) is 3.89. The summed E-state index contributed by atoms with van der Waals surface area (Å²) in [6.07, 6.45) is 2.15. The molecule has 0 spiro atoms. The summed E-state index contributed by atoms with van der Waals surface area (Å²) in [5.41, 5.74) is 0.629. The fourth-order valence-corrected chi connectivity index (χ4v) is 3.29. The fraction of sp³-hybridized carbons (Fsp3) is 1.00. The molecule has 2 heteroatoms. The van der Waals surface area contributed by atoms with Gasteiger partial charge in [0.15, 0.2) is 0 Å². The Hall–Kier alpha value is -0.0800. The van der Waals surface area contributed by atoms with E-state index in [1.807, 2.05) is 14.0 Å². The number of aliphatic hydroxyl groups excluding tert-OH is 1. The zero-order chi connectivity index (χ0) is 11.1. The Labute approximate surface area is 88.3 Å². The Kier molecular flexibility index (Phi) is 2.99. The molecule has 1 aliphatic rings. The van der Waals surface area contributed by atoms with Gasteiger partial charge in [-0.2, -0.15) is 0 Å². The van der Waals surface area contributed by atoms with Gasteiger partial charge in [0, 0.05) is 6.04 Å². The molecule has 1 atom stereocenters. The van der Waals surface area contributed by atoms with E-state index in [2.05, 4.69) is 32.6 Å². The highest BCUT2D eigenvalue weighted by Gasteiger charge is 2.49. The molecule has 0 bridgehead atoms. The third-order valence-electron chi connectivity index (χ3n) is 3.89. The van der Waals surface area contributed by atoms with E-state index in [9.17, 15) is 5.11 Å². The van der Waals surface area contributed by atoms with Crippen molar-refractivity contribution in [3.63, 3.8) is 0 Å². The van der Waals surface area contributed by atoms with Crippen molar-refractivity contribution in [1.29, 1.82) is 0 Å². The van der Waals surface area contributed by atoms with E-state index in [0.29, 0.717) is 16.9 Å². The standard InChI is InChI=1S/C12H25NO/c1-9(14)13(6)10-11(2,3)7-8-12(10,4)5/h9-10,14H,7-8H2,1-6H3. The molecule has 0 aliphatic heterocycles. The summed E-state index contributed by atoms with van der Waals surface area (Å²) in [5, 5.41) is 9.67. The Morgan fingerprint density at radius 2 is 1.50 bits per heavy atom. The summed E-state index contributed by atoms with van der Waals surface area (Å²) in [4.78, 5) is 2.12. The first-order valence-electron chi connectivity index (χ1n) is 5.58. The summed E-state index contributed by atoms with van der Waals surface area (Å²) >= 11 is 0. The van der Waals surface area contributed by atoms with Crippen molar-refractivity contribution < 1.29 is 5.11 Å². The molecule has 2 nitrogen and oxygen atoms in total. The van der Waals surface area contributed by atoms with E-state index in [4.69, 9.17) is 0 Å². The molecule has 1 saturated carbocycles. The Morgan fingerprint density at radius 3 is 1.79 bits per heavy atom. The Balaban J connectivity index is 2.91. The number of hydrogen-bond donors (Lipinski definition) is 1. The minimum absolute atomic E-state index is 0.315. The maximum absolute atomic E-state index is 9.67. The highest BCUT2D eigenvalue weighted by molar-refractivity contribution is 5.01. The highest BCUT2D eigenvalue weighted by atomic mass is 16.3. The first kappa shape index (κ1) is 12.0. The van der Waals surface area contributed by atoms with Crippen LogP contribution in [0.2, 0.25) is 0 Å².